The van der Waals surface area contributed by atoms with E-state index in [1.54, 1.807) is 17.0 Å². The molecule has 2 aromatic rings. The topological polar surface area (TPSA) is 112 Å². The quantitative estimate of drug-likeness (QED) is 0.200. The fourth-order valence-corrected chi connectivity index (χ4v) is 6.00. The number of para-hydroxylation sites is 1. The summed E-state index contributed by atoms with van der Waals surface area (Å²) in [4.78, 5) is 31.5. The number of hydrogen-bond donors (Lipinski definition) is 0. The first-order valence-electron chi connectivity index (χ1n) is 11.0. The molecule has 0 radical (unpaired) electrons. The van der Waals surface area contributed by atoms with Gasteiger partial charge in [-0.15, -0.1) is 0 Å². The van der Waals surface area contributed by atoms with Gasteiger partial charge in [-0.25, -0.2) is 9.79 Å². The number of carbonyl (C=O) groups excluding carboxylic acids is 2. The molecule has 1 saturated heterocycles. The fraction of sp³-hybridized carbons (Fsp3) is 0.375. The molecule has 0 spiro atoms. The predicted octanol–water partition coefficient (Wildman–Crippen LogP) is 4.11. The van der Waals surface area contributed by atoms with E-state index in [9.17, 15) is 18.0 Å². The predicted molar refractivity (Wildman–Crippen MR) is 138 cm³/mol. The molecule has 2 atom stereocenters. The maximum Gasteiger partial charge on any atom is 0.410 e. The standard InChI is InChI=1S/C24H25IN2O7S/c1-32-20(28)12-11-18-22-24(25,17-9-6-10-19(21(17)26-22)34-35(2,30)31)13-14-27(18)23(29)33-15-16-7-4-3-5-8-16/h3-10,18H,11-15H2,1-2H3/t18-,24?/m0/s1. The van der Waals surface area contributed by atoms with Crippen molar-refractivity contribution < 1.29 is 31.7 Å². The smallest absolute Gasteiger partial charge is 0.410 e. The number of ether oxygens (including phenoxy) is 2. The average molecular weight is 612 g/mol. The summed E-state index contributed by atoms with van der Waals surface area (Å²) in [5.41, 5.74) is 2.75. The number of benzene rings is 2. The van der Waals surface area contributed by atoms with E-state index in [2.05, 4.69) is 22.6 Å². The van der Waals surface area contributed by atoms with E-state index in [4.69, 9.17) is 18.6 Å². The van der Waals surface area contributed by atoms with Crippen molar-refractivity contribution in [3.05, 3.63) is 59.7 Å². The molecule has 1 amide bonds. The lowest BCUT2D eigenvalue weighted by Gasteiger charge is -2.42. The molecule has 35 heavy (non-hydrogen) atoms. The number of carbonyl (C=O) groups is 2. The number of likely N-dealkylation sites (tertiary alicyclic amines) is 1. The maximum atomic E-state index is 13.1. The van der Waals surface area contributed by atoms with Crippen LogP contribution in [0.4, 0.5) is 10.5 Å². The first-order valence-corrected chi connectivity index (χ1v) is 13.9. The Labute approximate surface area is 217 Å². The van der Waals surface area contributed by atoms with E-state index in [1.165, 1.54) is 7.11 Å². The monoisotopic (exact) mass is 612 g/mol. The number of piperidine rings is 1. The third kappa shape index (κ3) is 5.45. The van der Waals surface area contributed by atoms with Crippen LogP contribution in [0.3, 0.4) is 0 Å². The molecule has 2 aromatic carbocycles. The van der Waals surface area contributed by atoms with Gasteiger partial charge in [-0.1, -0.05) is 65.1 Å². The van der Waals surface area contributed by atoms with Crippen LogP contribution >= 0.6 is 22.6 Å². The molecule has 0 saturated carbocycles. The van der Waals surface area contributed by atoms with Crippen LogP contribution in [0.1, 0.15) is 30.4 Å². The second kappa shape index (κ2) is 10.1. The van der Waals surface area contributed by atoms with Gasteiger partial charge in [-0.2, -0.15) is 8.42 Å². The molecule has 9 nitrogen and oxygen atoms in total. The van der Waals surface area contributed by atoms with Gasteiger partial charge in [-0.3, -0.25) is 9.69 Å². The molecule has 1 unspecified atom stereocenters. The summed E-state index contributed by atoms with van der Waals surface area (Å²) >= 11 is 2.30. The van der Waals surface area contributed by atoms with Crippen molar-refractivity contribution in [2.45, 2.75) is 35.3 Å². The summed E-state index contributed by atoms with van der Waals surface area (Å²) in [6.45, 7) is 0.492. The zero-order valence-electron chi connectivity index (χ0n) is 19.3. The number of nitrogens with zero attached hydrogens (tertiary/aromatic N) is 2. The number of halogens is 1. The summed E-state index contributed by atoms with van der Waals surface area (Å²) in [5, 5.41) is 0. The molecule has 0 N–H and O–H groups in total. The Morgan fingerprint density at radius 3 is 2.60 bits per heavy atom. The van der Waals surface area contributed by atoms with Crippen molar-refractivity contribution in [3.63, 3.8) is 0 Å². The van der Waals surface area contributed by atoms with Crippen molar-refractivity contribution in [3.8, 4) is 5.75 Å². The van der Waals surface area contributed by atoms with Gasteiger partial charge in [0, 0.05) is 18.5 Å². The second-order valence-corrected chi connectivity index (χ2v) is 11.8. The summed E-state index contributed by atoms with van der Waals surface area (Å²) in [6.07, 6.45) is 1.38. The summed E-state index contributed by atoms with van der Waals surface area (Å²) in [7, 11) is -2.45. The number of methoxy groups -OCH3 is 1. The highest BCUT2D eigenvalue weighted by Gasteiger charge is 2.51. The summed E-state index contributed by atoms with van der Waals surface area (Å²) in [6, 6.07) is 14.0. The Hall–Kier alpha value is -2.67. The zero-order valence-corrected chi connectivity index (χ0v) is 22.2. The van der Waals surface area contributed by atoms with E-state index in [-0.39, 0.29) is 25.2 Å². The van der Waals surface area contributed by atoms with Crippen LogP contribution < -0.4 is 4.18 Å². The van der Waals surface area contributed by atoms with Gasteiger partial charge >= 0.3 is 22.2 Å². The Bertz CT molecular complexity index is 1270. The van der Waals surface area contributed by atoms with Crippen molar-refractivity contribution in [1.82, 2.24) is 4.90 Å². The molecule has 2 aliphatic rings. The first kappa shape index (κ1) is 25.4. The Morgan fingerprint density at radius 2 is 1.91 bits per heavy atom. The van der Waals surface area contributed by atoms with Crippen molar-refractivity contribution in [2.75, 3.05) is 19.9 Å². The lowest BCUT2D eigenvalue weighted by atomic mass is 9.83. The molecule has 186 valence electrons. The zero-order chi connectivity index (χ0) is 25.2. The van der Waals surface area contributed by atoms with Crippen LogP contribution in [0.15, 0.2) is 53.5 Å². The molecule has 0 aliphatic carbocycles. The lowest BCUT2D eigenvalue weighted by Crippen LogP contribution is -2.55. The molecular weight excluding hydrogens is 587 g/mol. The van der Waals surface area contributed by atoms with E-state index < -0.39 is 31.6 Å². The van der Waals surface area contributed by atoms with Gasteiger partial charge in [0.25, 0.3) is 0 Å². The number of fused-ring (bicyclic) bond motifs is 3. The van der Waals surface area contributed by atoms with Gasteiger partial charge in [0.2, 0.25) is 0 Å². The van der Waals surface area contributed by atoms with Crippen LogP contribution in [-0.4, -0.2) is 57.0 Å². The number of rotatable bonds is 7. The average Bonchev–Trinajstić information content (AvgIpc) is 3.14. The van der Waals surface area contributed by atoms with E-state index in [1.807, 2.05) is 36.4 Å². The molecule has 2 heterocycles. The number of esters is 1. The van der Waals surface area contributed by atoms with Crippen LogP contribution in [0, 0.1) is 0 Å². The highest BCUT2D eigenvalue weighted by molar-refractivity contribution is 14.1. The fourth-order valence-electron chi connectivity index (χ4n) is 4.38. The van der Waals surface area contributed by atoms with Crippen molar-refractivity contribution in [2.24, 2.45) is 4.99 Å². The van der Waals surface area contributed by atoms with Crippen molar-refractivity contribution in [1.29, 1.82) is 0 Å². The molecule has 2 aliphatic heterocycles. The SMILES string of the molecule is COC(=O)CC[C@H]1C2=Nc3c(OS(C)(=O)=O)cccc3C2(I)CCN1C(=O)OCc1ccccc1. The Morgan fingerprint density at radius 1 is 1.17 bits per heavy atom. The number of hydrogen-bond acceptors (Lipinski definition) is 8. The molecule has 4 rings (SSSR count). The largest absolute Gasteiger partial charge is 0.469 e. The molecule has 0 aromatic heterocycles. The normalized spacial score (nSPS) is 20.9. The van der Waals surface area contributed by atoms with Crippen LogP contribution in [0.25, 0.3) is 0 Å². The molecule has 1 fully saturated rings. The van der Waals surface area contributed by atoms with Gasteiger partial charge in [0.05, 0.1) is 28.5 Å². The van der Waals surface area contributed by atoms with E-state index >= 15 is 0 Å². The minimum absolute atomic E-state index is 0.0818. The molecular formula is C24H25IN2O7S. The van der Waals surface area contributed by atoms with Gasteiger partial charge < -0.3 is 13.7 Å². The summed E-state index contributed by atoms with van der Waals surface area (Å²) < 4.78 is 38.6. The third-order valence-electron chi connectivity index (χ3n) is 5.98. The Balaban J connectivity index is 1.66. The minimum Gasteiger partial charge on any atom is -0.469 e. The van der Waals surface area contributed by atoms with E-state index in [0.717, 1.165) is 17.4 Å². The van der Waals surface area contributed by atoms with Crippen LogP contribution in [0.2, 0.25) is 0 Å². The molecule has 11 heteroatoms. The number of amides is 1. The third-order valence-corrected chi connectivity index (χ3v) is 8.14. The van der Waals surface area contributed by atoms with Crippen LogP contribution in [-0.2, 0) is 34.4 Å². The summed E-state index contributed by atoms with van der Waals surface area (Å²) in [5.74, 6) is -0.266. The number of aliphatic imine (C=N–C) groups is 1. The van der Waals surface area contributed by atoms with Crippen LogP contribution in [0.5, 0.6) is 5.75 Å². The van der Waals surface area contributed by atoms with E-state index in [0.29, 0.717) is 24.4 Å². The van der Waals surface area contributed by atoms with Gasteiger partial charge in [0.1, 0.15) is 12.3 Å². The molecule has 0 bridgehead atoms. The highest BCUT2D eigenvalue weighted by Crippen LogP contribution is 2.54. The number of alkyl halides is 1. The Kier molecular flexibility index (Phi) is 7.36. The lowest BCUT2D eigenvalue weighted by molar-refractivity contribution is -0.140. The second-order valence-electron chi connectivity index (χ2n) is 8.35. The highest BCUT2D eigenvalue weighted by atomic mass is 127. The minimum atomic E-state index is -3.77. The van der Waals surface area contributed by atoms with Crippen molar-refractivity contribution >= 4 is 56.2 Å². The first-order chi connectivity index (χ1) is 16.6. The maximum absolute atomic E-state index is 13.1. The van der Waals surface area contributed by atoms with Gasteiger partial charge in [0.15, 0.2) is 5.75 Å². The van der Waals surface area contributed by atoms with Gasteiger partial charge in [-0.05, 0) is 24.5 Å².